The predicted molar refractivity (Wildman–Crippen MR) is 82.9 cm³/mol. The monoisotopic (exact) mass is 303 g/mol. The Kier molecular flexibility index (Phi) is 5.11. The zero-order valence-corrected chi connectivity index (χ0v) is 12.6. The number of aromatic carboxylic acids is 1. The van der Waals surface area contributed by atoms with Gasteiger partial charge in [0.1, 0.15) is 0 Å². The number of carbonyl (C=O) groups excluding carboxylic acids is 1. The summed E-state index contributed by atoms with van der Waals surface area (Å²) < 4.78 is 0. The molecule has 1 aromatic carbocycles. The molecule has 110 valence electrons. The number of aryl methyl sites for hydroxylation is 1. The standard InChI is InChI=1S/C16H17NO3S/c1-11-6-8-21-14(11)5-7-17-15(18)10-12-3-2-4-13(9-12)16(19)20/h2-4,6,8-9H,5,7,10H2,1H3,(H,17,18)(H,19,20). The lowest BCUT2D eigenvalue weighted by atomic mass is 10.1. The first-order valence-corrected chi connectivity index (χ1v) is 7.56. The van der Waals surface area contributed by atoms with E-state index in [1.54, 1.807) is 23.5 Å². The van der Waals surface area contributed by atoms with Crippen LogP contribution in [0.4, 0.5) is 0 Å². The molecule has 0 spiro atoms. The minimum absolute atomic E-state index is 0.0910. The number of benzene rings is 1. The van der Waals surface area contributed by atoms with Gasteiger partial charge < -0.3 is 10.4 Å². The number of carboxylic acids is 1. The molecule has 2 aromatic rings. The summed E-state index contributed by atoms with van der Waals surface area (Å²) >= 11 is 1.69. The molecule has 2 rings (SSSR count). The van der Waals surface area contributed by atoms with E-state index < -0.39 is 5.97 Å². The first-order chi connectivity index (χ1) is 10.1. The first-order valence-electron chi connectivity index (χ1n) is 6.68. The Hall–Kier alpha value is -2.14. The smallest absolute Gasteiger partial charge is 0.335 e. The lowest BCUT2D eigenvalue weighted by Crippen LogP contribution is -2.27. The molecule has 4 nitrogen and oxygen atoms in total. The van der Waals surface area contributed by atoms with E-state index in [0.29, 0.717) is 12.1 Å². The second-order valence-electron chi connectivity index (χ2n) is 4.81. The third-order valence-corrected chi connectivity index (χ3v) is 4.26. The van der Waals surface area contributed by atoms with Gasteiger partial charge in [-0.1, -0.05) is 12.1 Å². The molecule has 5 heteroatoms. The van der Waals surface area contributed by atoms with E-state index in [-0.39, 0.29) is 17.9 Å². The summed E-state index contributed by atoms with van der Waals surface area (Å²) in [5.74, 6) is -1.07. The summed E-state index contributed by atoms with van der Waals surface area (Å²) in [4.78, 5) is 24.0. The number of hydrogen-bond acceptors (Lipinski definition) is 3. The molecule has 0 aliphatic rings. The highest BCUT2D eigenvalue weighted by Crippen LogP contribution is 2.15. The van der Waals surface area contributed by atoms with Crippen molar-refractivity contribution < 1.29 is 14.7 Å². The molecule has 0 aliphatic carbocycles. The number of nitrogens with one attached hydrogen (secondary N) is 1. The van der Waals surface area contributed by atoms with Crippen LogP contribution in [0.15, 0.2) is 35.7 Å². The van der Waals surface area contributed by atoms with Gasteiger partial charge in [-0.15, -0.1) is 11.3 Å². The van der Waals surface area contributed by atoms with Gasteiger partial charge in [-0.05, 0) is 48.1 Å². The van der Waals surface area contributed by atoms with Crippen molar-refractivity contribution in [3.63, 3.8) is 0 Å². The molecule has 0 radical (unpaired) electrons. The molecular weight excluding hydrogens is 286 g/mol. The van der Waals surface area contributed by atoms with Crippen LogP contribution in [0.3, 0.4) is 0 Å². The topological polar surface area (TPSA) is 66.4 Å². The third-order valence-electron chi connectivity index (χ3n) is 3.18. The highest BCUT2D eigenvalue weighted by Gasteiger charge is 2.07. The Balaban J connectivity index is 1.83. The van der Waals surface area contributed by atoms with Gasteiger partial charge >= 0.3 is 5.97 Å². The lowest BCUT2D eigenvalue weighted by molar-refractivity contribution is -0.120. The maximum absolute atomic E-state index is 11.9. The van der Waals surface area contributed by atoms with Gasteiger partial charge in [0.25, 0.3) is 0 Å². The van der Waals surface area contributed by atoms with Crippen LogP contribution in [0.1, 0.15) is 26.4 Å². The van der Waals surface area contributed by atoms with Crippen molar-refractivity contribution in [2.45, 2.75) is 19.8 Å². The second-order valence-corrected chi connectivity index (χ2v) is 5.81. The molecule has 0 unspecified atom stereocenters. The molecule has 21 heavy (non-hydrogen) atoms. The number of thiophene rings is 1. The Labute approximate surface area is 127 Å². The fraction of sp³-hybridized carbons (Fsp3) is 0.250. The van der Waals surface area contributed by atoms with Gasteiger partial charge in [0.05, 0.1) is 12.0 Å². The van der Waals surface area contributed by atoms with Crippen LogP contribution in [0.2, 0.25) is 0 Å². The third kappa shape index (κ3) is 4.43. The highest BCUT2D eigenvalue weighted by atomic mass is 32.1. The number of rotatable bonds is 6. The van der Waals surface area contributed by atoms with Gasteiger partial charge in [-0.25, -0.2) is 4.79 Å². The Morgan fingerprint density at radius 2 is 2.10 bits per heavy atom. The molecule has 0 fully saturated rings. The fourth-order valence-corrected chi connectivity index (χ4v) is 2.95. The van der Waals surface area contributed by atoms with Crippen LogP contribution in [-0.4, -0.2) is 23.5 Å². The average Bonchev–Trinajstić information content (AvgIpc) is 2.85. The zero-order chi connectivity index (χ0) is 15.2. The van der Waals surface area contributed by atoms with Gasteiger partial charge in [0, 0.05) is 11.4 Å². The summed E-state index contributed by atoms with van der Waals surface area (Å²) in [6, 6.07) is 8.53. The molecule has 0 bridgehead atoms. The first kappa shape index (κ1) is 15.3. The van der Waals surface area contributed by atoms with Crippen molar-refractivity contribution in [3.8, 4) is 0 Å². The van der Waals surface area contributed by atoms with Crippen LogP contribution in [0.5, 0.6) is 0 Å². The highest BCUT2D eigenvalue weighted by molar-refractivity contribution is 7.10. The van der Waals surface area contributed by atoms with E-state index in [9.17, 15) is 9.59 Å². The molecule has 1 heterocycles. The Morgan fingerprint density at radius 3 is 2.76 bits per heavy atom. The van der Waals surface area contributed by atoms with E-state index in [1.807, 2.05) is 5.38 Å². The number of amides is 1. The summed E-state index contributed by atoms with van der Waals surface area (Å²) in [6.45, 7) is 2.66. The lowest BCUT2D eigenvalue weighted by Gasteiger charge is -2.06. The largest absolute Gasteiger partial charge is 0.478 e. The van der Waals surface area contributed by atoms with Gasteiger partial charge in [0.2, 0.25) is 5.91 Å². The normalized spacial score (nSPS) is 10.3. The maximum atomic E-state index is 11.9. The molecular formula is C16H17NO3S. The molecule has 0 aliphatic heterocycles. The molecule has 1 aromatic heterocycles. The Morgan fingerprint density at radius 1 is 1.29 bits per heavy atom. The second kappa shape index (κ2) is 7.04. The van der Waals surface area contributed by atoms with E-state index in [0.717, 1.165) is 6.42 Å². The summed E-state index contributed by atoms with van der Waals surface area (Å²) in [5.41, 5.74) is 2.16. The summed E-state index contributed by atoms with van der Waals surface area (Å²) in [7, 11) is 0. The van der Waals surface area contributed by atoms with Crippen LogP contribution in [0.25, 0.3) is 0 Å². The van der Waals surface area contributed by atoms with Crippen LogP contribution < -0.4 is 5.32 Å². The van der Waals surface area contributed by atoms with Crippen LogP contribution in [-0.2, 0) is 17.6 Å². The molecule has 0 saturated heterocycles. The number of carbonyl (C=O) groups is 2. The minimum Gasteiger partial charge on any atom is -0.478 e. The van der Waals surface area contributed by atoms with Crippen LogP contribution >= 0.6 is 11.3 Å². The van der Waals surface area contributed by atoms with Gasteiger partial charge in [-0.2, -0.15) is 0 Å². The fourth-order valence-electron chi connectivity index (χ4n) is 2.04. The van der Waals surface area contributed by atoms with Crippen molar-refractivity contribution in [2.24, 2.45) is 0 Å². The van der Waals surface area contributed by atoms with Crippen molar-refractivity contribution in [1.82, 2.24) is 5.32 Å². The average molecular weight is 303 g/mol. The zero-order valence-electron chi connectivity index (χ0n) is 11.8. The van der Waals surface area contributed by atoms with Crippen molar-refractivity contribution in [1.29, 1.82) is 0 Å². The number of carboxylic acid groups (broad SMARTS) is 1. The van der Waals surface area contributed by atoms with Gasteiger partial charge in [0.15, 0.2) is 0 Å². The minimum atomic E-state index is -0.981. The van der Waals surface area contributed by atoms with Crippen LogP contribution in [0, 0.1) is 6.92 Å². The van der Waals surface area contributed by atoms with E-state index in [2.05, 4.69) is 18.3 Å². The molecule has 0 atom stereocenters. The SMILES string of the molecule is Cc1ccsc1CCNC(=O)Cc1cccc(C(=O)O)c1. The summed E-state index contributed by atoms with van der Waals surface area (Å²) in [6.07, 6.45) is 1.02. The Bertz CT molecular complexity index is 648. The predicted octanol–water partition coefficient (Wildman–Crippen LogP) is 2.66. The quantitative estimate of drug-likeness (QED) is 0.862. The van der Waals surface area contributed by atoms with Crippen molar-refractivity contribution in [2.75, 3.05) is 6.54 Å². The molecule has 1 amide bonds. The summed E-state index contributed by atoms with van der Waals surface area (Å²) in [5, 5.41) is 13.8. The van der Waals surface area contributed by atoms with E-state index in [1.165, 1.54) is 22.6 Å². The van der Waals surface area contributed by atoms with E-state index in [4.69, 9.17) is 5.11 Å². The van der Waals surface area contributed by atoms with Gasteiger partial charge in [-0.3, -0.25) is 4.79 Å². The van der Waals surface area contributed by atoms with E-state index >= 15 is 0 Å². The molecule has 0 saturated carbocycles. The van der Waals surface area contributed by atoms with Crippen molar-refractivity contribution in [3.05, 3.63) is 57.3 Å². The molecule has 2 N–H and O–H groups in total. The number of hydrogen-bond donors (Lipinski definition) is 2. The van der Waals surface area contributed by atoms with Crippen molar-refractivity contribution >= 4 is 23.2 Å². The maximum Gasteiger partial charge on any atom is 0.335 e.